The SMILES string of the molecule is O=C(O)[C@@H]1[C@H]2C=C[C@@H]([C@@H]3C[C@@H]23)[C@H]1C(=O)Nc1ccc(Oc2ccccc2Cl)cc1. The number of anilines is 1. The van der Waals surface area contributed by atoms with Gasteiger partial charge in [0.1, 0.15) is 11.5 Å². The Morgan fingerprint density at radius 3 is 2.28 bits per heavy atom. The molecule has 4 aliphatic rings. The van der Waals surface area contributed by atoms with Gasteiger partial charge in [-0.15, -0.1) is 0 Å². The quantitative estimate of drug-likeness (QED) is 0.693. The molecule has 2 N–H and O–H groups in total. The van der Waals surface area contributed by atoms with Crippen LogP contribution in [0, 0.1) is 35.5 Å². The number of para-hydroxylation sites is 1. The Hall–Kier alpha value is -2.79. The molecule has 6 heteroatoms. The standard InChI is InChI=1S/C23H20ClNO4/c24-18-3-1-2-4-19(18)29-13-7-5-12(6-8-13)25-22(26)20-14-9-10-15(17-11-16(14)17)21(20)23(27)28/h1-10,14-17,20-21H,11H2,(H,25,26)(H,27,28)/t14-,15-,16-,17-,20+,21+/m0/s1. The number of amides is 1. The number of carbonyl (C=O) groups is 2. The zero-order valence-corrected chi connectivity index (χ0v) is 16.3. The molecule has 2 bridgehead atoms. The van der Waals surface area contributed by atoms with Crippen molar-refractivity contribution >= 4 is 29.2 Å². The summed E-state index contributed by atoms with van der Waals surface area (Å²) in [5.74, 6) is -0.209. The Morgan fingerprint density at radius 2 is 1.62 bits per heavy atom. The number of aliphatic carboxylic acids is 1. The van der Waals surface area contributed by atoms with Gasteiger partial charge in [-0.3, -0.25) is 9.59 Å². The maximum atomic E-state index is 13.0. The van der Waals surface area contributed by atoms with Crippen LogP contribution in [0.5, 0.6) is 11.5 Å². The third-order valence-electron chi connectivity index (χ3n) is 6.43. The van der Waals surface area contributed by atoms with Gasteiger partial charge in [-0.25, -0.2) is 0 Å². The minimum atomic E-state index is -0.877. The summed E-state index contributed by atoms with van der Waals surface area (Å²) < 4.78 is 5.76. The molecule has 6 atom stereocenters. The highest BCUT2D eigenvalue weighted by molar-refractivity contribution is 6.32. The third-order valence-corrected chi connectivity index (χ3v) is 6.74. The zero-order valence-electron chi connectivity index (χ0n) is 15.5. The highest BCUT2D eigenvalue weighted by atomic mass is 35.5. The van der Waals surface area contributed by atoms with E-state index in [-0.39, 0.29) is 17.7 Å². The van der Waals surface area contributed by atoms with Gasteiger partial charge >= 0.3 is 5.97 Å². The summed E-state index contributed by atoms with van der Waals surface area (Å²) in [4.78, 5) is 24.9. The maximum Gasteiger partial charge on any atom is 0.307 e. The number of carbonyl (C=O) groups excluding carboxylic acids is 1. The predicted molar refractivity (Wildman–Crippen MR) is 109 cm³/mol. The van der Waals surface area contributed by atoms with Crippen LogP contribution in [-0.2, 0) is 9.59 Å². The van der Waals surface area contributed by atoms with Crippen LogP contribution in [0.1, 0.15) is 6.42 Å². The molecule has 0 spiro atoms. The van der Waals surface area contributed by atoms with Crippen molar-refractivity contribution in [3.05, 3.63) is 65.7 Å². The highest BCUT2D eigenvalue weighted by Gasteiger charge is 2.62. The van der Waals surface area contributed by atoms with Crippen molar-refractivity contribution in [2.75, 3.05) is 5.32 Å². The van der Waals surface area contributed by atoms with Gasteiger partial charge in [-0.2, -0.15) is 0 Å². The fourth-order valence-electron chi connectivity index (χ4n) is 5.06. The van der Waals surface area contributed by atoms with Gasteiger partial charge in [-0.1, -0.05) is 35.9 Å². The normalized spacial score (nSPS) is 31.1. The van der Waals surface area contributed by atoms with Gasteiger partial charge in [0, 0.05) is 5.69 Å². The van der Waals surface area contributed by atoms with Gasteiger partial charge in [0.2, 0.25) is 5.91 Å². The number of halogens is 1. The van der Waals surface area contributed by atoms with Gasteiger partial charge in [-0.05, 0) is 66.5 Å². The average molecular weight is 410 g/mol. The summed E-state index contributed by atoms with van der Waals surface area (Å²) in [5, 5.41) is 13.2. The Kier molecular flexibility index (Phi) is 4.36. The molecule has 148 valence electrons. The first-order valence-electron chi connectivity index (χ1n) is 9.77. The van der Waals surface area contributed by atoms with E-state index >= 15 is 0 Å². The highest BCUT2D eigenvalue weighted by Crippen LogP contribution is 2.63. The second-order valence-corrected chi connectivity index (χ2v) is 8.45. The lowest BCUT2D eigenvalue weighted by atomic mass is 9.62. The Balaban J connectivity index is 1.30. The van der Waals surface area contributed by atoms with Crippen molar-refractivity contribution in [2.45, 2.75) is 6.42 Å². The molecule has 2 saturated carbocycles. The minimum absolute atomic E-state index is 0.0222. The number of hydrogen-bond acceptors (Lipinski definition) is 3. The second kappa shape index (κ2) is 6.92. The molecular weight excluding hydrogens is 390 g/mol. The molecule has 0 heterocycles. The number of rotatable bonds is 5. The first-order valence-corrected chi connectivity index (χ1v) is 10.1. The summed E-state index contributed by atoms with van der Waals surface area (Å²) >= 11 is 6.11. The van der Waals surface area contributed by atoms with Crippen LogP contribution in [0.25, 0.3) is 0 Å². The third kappa shape index (κ3) is 3.19. The van der Waals surface area contributed by atoms with Crippen LogP contribution in [0.3, 0.4) is 0 Å². The molecule has 2 aromatic rings. The summed E-state index contributed by atoms with van der Waals surface area (Å²) in [6.45, 7) is 0. The topological polar surface area (TPSA) is 75.6 Å². The van der Waals surface area contributed by atoms with E-state index in [0.717, 1.165) is 6.42 Å². The minimum Gasteiger partial charge on any atom is -0.481 e. The molecule has 2 aromatic carbocycles. The number of hydrogen-bond donors (Lipinski definition) is 2. The van der Waals surface area contributed by atoms with Gasteiger partial charge < -0.3 is 15.2 Å². The van der Waals surface area contributed by atoms with Crippen molar-refractivity contribution in [2.24, 2.45) is 35.5 Å². The molecule has 1 amide bonds. The van der Waals surface area contributed by atoms with Gasteiger partial charge in [0.05, 0.1) is 16.9 Å². The predicted octanol–water partition coefficient (Wildman–Crippen LogP) is 4.84. The van der Waals surface area contributed by atoms with Gasteiger partial charge in [0.15, 0.2) is 0 Å². The Labute approximate surface area is 173 Å². The van der Waals surface area contributed by atoms with E-state index in [4.69, 9.17) is 16.3 Å². The molecule has 0 radical (unpaired) electrons. The number of ether oxygens (including phenoxy) is 1. The Morgan fingerprint density at radius 1 is 0.966 bits per heavy atom. The molecule has 2 fully saturated rings. The van der Waals surface area contributed by atoms with Gasteiger partial charge in [0.25, 0.3) is 0 Å². The number of benzene rings is 2. The summed E-state index contributed by atoms with van der Waals surface area (Å²) in [6.07, 6.45) is 5.11. The molecule has 0 saturated heterocycles. The number of nitrogens with one attached hydrogen (secondary N) is 1. The molecule has 0 unspecified atom stereocenters. The lowest BCUT2D eigenvalue weighted by molar-refractivity contribution is -0.152. The van der Waals surface area contributed by atoms with Crippen LogP contribution in [0.2, 0.25) is 5.02 Å². The van der Waals surface area contributed by atoms with Crippen LogP contribution in [0.4, 0.5) is 5.69 Å². The number of carboxylic acids is 1. The average Bonchev–Trinajstić information content (AvgIpc) is 3.53. The molecule has 0 aromatic heterocycles. The zero-order chi connectivity index (χ0) is 20.1. The fourth-order valence-corrected chi connectivity index (χ4v) is 5.23. The smallest absolute Gasteiger partial charge is 0.307 e. The van der Waals surface area contributed by atoms with Crippen LogP contribution < -0.4 is 10.1 Å². The number of carboxylic acid groups (broad SMARTS) is 1. The molecular formula is C23H20ClNO4. The van der Waals surface area contributed by atoms with E-state index in [1.54, 1.807) is 36.4 Å². The van der Waals surface area contributed by atoms with E-state index in [1.807, 2.05) is 18.2 Å². The van der Waals surface area contributed by atoms with Crippen molar-refractivity contribution in [3.63, 3.8) is 0 Å². The maximum absolute atomic E-state index is 13.0. The fraction of sp³-hybridized carbons (Fsp3) is 0.304. The lowest BCUT2D eigenvalue weighted by Crippen LogP contribution is -2.48. The summed E-state index contributed by atoms with van der Waals surface area (Å²) in [6, 6.07) is 14.2. The monoisotopic (exact) mass is 409 g/mol. The second-order valence-electron chi connectivity index (χ2n) is 8.04. The molecule has 5 nitrogen and oxygen atoms in total. The summed E-state index contributed by atoms with van der Waals surface area (Å²) in [5.41, 5.74) is 0.614. The van der Waals surface area contributed by atoms with E-state index in [9.17, 15) is 14.7 Å². The molecule has 29 heavy (non-hydrogen) atoms. The number of fused-ring (bicyclic) bond motifs is 1. The van der Waals surface area contributed by atoms with E-state index in [2.05, 4.69) is 11.4 Å². The summed E-state index contributed by atoms with van der Waals surface area (Å²) in [7, 11) is 0. The van der Waals surface area contributed by atoms with Crippen LogP contribution in [0.15, 0.2) is 60.7 Å². The molecule has 0 aliphatic heterocycles. The van der Waals surface area contributed by atoms with Crippen molar-refractivity contribution in [1.29, 1.82) is 0 Å². The van der Waals surface area contributed by atoms with E-state index < -0.39 is 17.8 Å². The van der Waals surface area contributed by atoms with E-state index in [0.29, 0.717) is 34.0 Å². The Bertz CT molecular complexity index is 1000. The number of allylic oxidation sites excluding steroid dienone is 2. The van der Waals surface area contributed by atoms with Crippen molar-refractivity contribution in [3.8, 4) is 11.5 Å². The van der Waals surface area contributed by atoms with Crippen molar-refractivity contribution in [1.82, 2.24) is 0 Å². The molecule has 6 rings (SSSR count). The first kappa shape index (κ1) is 18.3. The van der Waals surface area contributed by atoms with Crippen LogP contribution in [-0.4, -0.2) is 17.0 Å². The van der Waals surface area contributed by atoms with Crippen molar-refractivity contribution < 1.29 is 19.4 Å². The van der Waals surface area contributed by atoms with E-state index in [1.165, 1.54) is 0 Å². The molecule has 4 aliphatic carbocycles. The van der Waals surface area contributed by atoms with Crippen LogP contribution >= 0.6 is 11.6 Å². The first-order chi connectivity index (χ1) is 14.0. The lowest BCUT2D eigenvalue weighted by Gasteiger charge is -2.41. The largest absolute Gasteiger partial charge is 0.481 e.